The number of methoxy groups -OCH3 is 1. The smallest absolute Gasteiger partial charge is 0.497 e. The Morgan fingerprint density at radius 3 is 2.33 bits per heavy atom. The predicted molar refractivity (Wildman–Crippen MR) is 55.1 cm³/mol. The summed E-state index contributed by atoms with van der Waals surface area (Å²) >= 11 is 0. The van der Waals surface area contributed by atoms with Crippen molar-refractivity contribution in [2.45, 2.75) is 0 Å². The molecule has 15 heavy (non-hydrogen) atoms. The first-order chi connectivity index (χ1) is 6.63. The third-order valence-corrected chi connectivity index (χ3v) is 1.69. The molecule has 1 aromatic carbocycles. The Balaban J connectivity index is 0.00000196. The minimum atomic E-state index is -0.254. The molecule has 4 nitrogen and oxygen atoms in total. The molecule has 0 radical (unpaired) electrons. The summed E-state index contributed by atoms with van der Waals surface area (Å²) in [6, 6.07) is 6.83. The van der Waals surface area contributed by atoms with E-state index in [1.807, 2.05) is 0 Å². The van der Waals surface area contributed by atoms with Gasteiger partial charge >= 0.3 is 18.9 Å². The predicted octanol–water partition coefficient (Wildman–Crippen LogP) is -1.05. The van der Waals surface area contributed by atoms with Crippen LogP contribution in [0.4, 0.5) is 10.5 Å². The molecule has 5 heteroatoms. The van der Waals surface area contributed by atoms with Crippen LogP contribution in [0.1, 0.15) is 0 Å². The van der Waals surface area contributed by atoms with Crippen LogP contribution in [-0.2, 0) is 0 Å². The number of carbonyl (C=O) groups excluding carboxylic acids is 1. The Morgan fingerprint density at radius 2 is 1.93 bits per heavy atom. The Morgan fingerprint density at radius 1 is 1.40 bits per heavy atom. The summed E-state index contributed by atoms with van der Waals surface area (Å²) in [6.45, 7) is 0. The van der Waals surface area contributed by atoms with Gasteiger partial charge in [0.2, 0.25) is 0 Å². The van der Waals surface area contributed by atoms with Crippen LogP contribution < -0.4 is 28.9 Å². The largest absolute Gasteiger partial charge is 1.00 e. The number of carbonyl (C=O) groups is 1. The van der Waals surface area contributed by atoms with Crippen molar-refractivity contribution in [3.8, 4) is 5.75 Å². The van der Waals surface area contributed by atoms with Gasteiger partial charge in [0, 0.05) is 5.69 Å². The van der Waals surface area contributed by atoms with Gasteiger partial charge in [-0.15, -0.1) is 0 Å². The van der Waals surface area contributed by atoms with E-state index in [1.54, 1.807) is 38.4 Å². The van der Waals surface area contributed by atoms with Crippen LogP contribution in [0.5, 0.6) is 5.75 Å². The molecule has 2 amide bonds. The standard InChI is InChI=1S/C10H13N2O2.Li/c1-12(2)10(13)11-8-4-6-9(14-3)7-5-8;/h4-7H,1H2,2-3H3,(H,11,13);/q-1;+1. The number of benzene rings is 1. The molecule has 76 valence electrons. The quantitative estimate of drug-likeness (QED) is 0.489. The molecule has 1 N–H and O–H groups in total. The number of nitrogens with zero attached hydrogens (tertiary/aromatic N) is 1. The van der Waals surface area contributed by atoms with E-state index in [2.05, 4.69) is 12.4 Å². The molecule has 1 aromatic rings. The fourth-order valence-corrected chi connectivity index (χ4v) is 0.893. The molecule has 0 aliphatic rings. The molecule has 0 atom stereocenters. The van der Waals surface area contributed by atoms with Crippen LogP contribution in [0.15, 0.2) is 24.3 Å². The van der Waals surface area contributed by atoms with Gasteiger partial charge < -0.3 is 15.0 Å². The average molecular weight is 200 g/mol. The van der Waals surface area contributed by atoms with Gasteiger partial charge in [0.15, 0.2) is 0 Å². The van der Waals surface area contributed by atoms with Crippen molar-refractivity contribution in [1.29, 1.82) is 0 Å². The van der Waals surface area contributed by atoms with Crippen LogP contribution in [0, 0.1) is 7.05 Å². The van der Waals surface area contributed by atoms with E-state index in [0.717, 1.165) is 5.75 Å². The Kier molecular flexibility index (Phi) is 5.91. The van der Waals surface area contributed by atoms with Crippen molar-refractivity contribution in [3.05, 3.63) is 31.3 Å². The number of hydrogen-bond donors (Lipinski definition) is 1. The van der Waals surface area contributed by atoms with E-state index in [1.165, 1.54) is 4.90 Å². The molecule has 0 saturated heterocycles. The minimum Gasteiger partial charge on any atom is -0.497 e. The minimum absolute atomic E-state index is 0. The van der Waals surface area contributed by atoms with Gasteiger partial charge in [-0.05, 0) is 31.3 Å². The first-order valence-corrected chi connectivity index (χ1v) is 4.12. The van der Waals surface area contributed by atoms with E-state index < -0.39 is 0 Å². The molecule has 1 rings (SSSR count). The normalized spacial score (nSPS) is 8.73. The summed E-state index contributed by atoms with van der Waals surface area (Å²) in [5.41, 5.74) is 0.714. The summed E-state index contributed by atoms with van der Waals surface area (Å²) in [4.78, 5) is 12.4. The van der Waals surface area contributed by atoms with Crippen LogP contribution in [-0.4, -0.2) is 25.1 Å². The summed E-state index contributed by atoms with van der Waals surface area (Å²) in [6.07, 6.45) is 0. The number of nitrogens with one attached hydrogen (secondary N) is 1. The number of ether oxygens (including phenoxy) is 1. The molecule has 0 aromatic heterocycles. The van der Waals surface area contributed by atoms with Gasteiger partial charge in [-0.2, -0.15) is 0 Å². The topological polar surface area (TPSA) is 41.6 Å². The van der Waals surface area contributed by atoms with Gasteiger partial charge in [-0.1, -0.05) is 0 Å². The average Bonchev–Trinajstić information content (AvgIpc) is 2.19. The third-order valence-electron chi connectivity index (χ3n) is 1.69. The van der Waals surface area contributed by atoms with Gasteiger partial charge in [-0.25, -0.2) is 0 Å². The van der Waals surface area contributed by atoms with E-state index in [9.17, 15) is 4.79 Å². The van der Waals surface area contributed by atoms with Crippen molar-refractivity contribution in [1.82, 2.24) is 4.90 Å². The van der Waals surface area contributed by atoms with E-state index in [-0.39, 0.29) is 24.9 Å². The maximum absolute atomic E-state index is 11.2. The summed E-state index contributed by atoms with van der Waals surface area (Å²) in [7, 11) is 6.64. The van der Waals surface area contributed by atoms with Gasteiger partial charge in [-0.3, -0.25) is 11.8 Å². The van der Waals surface area contributed by atoms with Crippen LogP contribution in [0.2, 0.25) is 0 Å². The number of urea groups is 1. The molecule has 0 aliphatic carbocycles. The Hall–Kier alpha value is -1.11. The SMILES string of the molecule is [CH2-]N(C)C(=O)Nc1ccc(OC)cc1.[Li+]. The number of rotatable bonds is 2. The third kappa shape index (κ3) is 4.28. The summed E-state index contributed by atoms with van der Waals surface area (Å²) in [5, 5.41) is 2.66. The van der Waals surface area contributed by atoms with Gasteiger partial charge in [0.25, 0.3) is 6.03 Å². The number of amides is 2. The number of anilines is 1. The monoisotopic (exact) mass is 200 g/mol. The zero-order chi connectivity index (χ0) is 10.6. The number of hydrogen-bond acceptors (Lipinski definition) is 2. The van der Waals surface area contributed by atoms with Crippen molar-refractivity contribution in [2.75, 3.05) is 19.5 Å². The second-order valence-electron chi connectivity index (χ2n) is 2.86. The van der Waals surface area contributed by atoms with Crippen molar-refractivity contribution in [3.63, 3.8) is 0 Å². The van der Waals surface area contributed by atoms with Gasteiger partial charge in [0.1, 0.15) is 5.75 Å². The first kappa shape index (κ1) is 13.9. The second kappa shape index (κ2) is 6.39. The fourth-order valence-electron chi connectivity index (χ4n) is 0.893. The Labute approximate surface area is 102 Å². The second-order valence-corrected chi connectivity index (χ2v) is 2.86. The van der Waals surface area contributed by atoms with Crippen LogP contribution >= 0.6 is 0 Å². The summed E-state index contributed by atoms with van der Waals surface area (Å²) < 4.78 is 4.99. The van der Waals surface area contributed by atoms with Crippen LogP contribution in [0.3, 0.4) is 0 Å². The molecule has 0 unspecified atom stereocenters. The molecule has 0 heterocycles. The molecule has 0 aliphatic heterocycles. The van der Waals surface area contributed by atoms with E-state index in [0.29, 0.717) is 5.69 Å². The zero-order valence-electron chi connectivity index (χ0n) is 9.28. The molecular weight excluding hydrogens is 187 g/mol. The van der Waals surface area contributed by atoms with E-state index >= 15 is 0 Å². The molecular formula is C10H13LiN2O2. The van der Waals surface area contributed by atoms with Crippen molar-refractivity contribution >= 4 is 11.7 Å². The van der Waals surface area contributed by atoms with Crippen molar-refractivity contribution in [2.24, 2.45) is 0 Å². The first-order valence-electron chi connectivity index (χ1n) is 4.12. The summed E-state index contributed by atoms with van der Waals surface area (Å²) in [5.74, 6) is 0.756. The molecule has 0 saturated carbocycles. The zero-order valence-corrected chi connectivity index (χ0v) is 9.28. The van der Waals surface area contributed by atoms with E-state index in [4.69, 9.17) is 4.74 Å². The maximum atomic E-state index is 11.2. The Bertz CT molecular complexity index is 312. The fraction of sp³-hybridized carbons (Fsp3) is 0.200. The maximum Gasteiger partial charge on any atom is 1.00 e. The molecule has 0 spiro atoms. The molecule has 0 bridgehead atoms. The van der Waals surface area contributed by atoms with Gasteiger partial charge in [0.05, 0.1) is 7.11 Å². The van der Waals surface area contributed by atoms with Crippen LogP contribution in [0.25, 0.3) is 0 Å². The molecule has 0 fully saturated rings. The van der Waals surface area contributed by atoms with Crippen molar-refractivity contribution < 1.29 is 28.4 Å².